The Balaban J connectivity index is 1.66. The Morgan fingerprint density at radius 1 is 1.12 bits per heavy atom. The molecule has 1 amide bonds. The Hall–Kier alpha value is -2.88. The van der Waals surface area contributed by atoms with Crippen LogP contribution in [0.2, 0.25) is 0 Å². The first-order valence-corrected chi connectivity index (χ1v) is 8.47. The highest BCUT2D eigenvalue weighted by Crippen LogP contribution is 2.26. The van der Waals surface area contributed by atoms with Crippen molar-refractivity contribution < 1.29 is 9.53 Å². The summed E-state index contributed by atoms with van der Waals surface area (Å²) in [4.78, 5) is 19.6. The SMILES string of the molecule is COc1ccc2c(c1)CN(C(=O)c1cc3ccccc3nc1C)CC2. The first-order chi connectivity index (χ1) is 12.2. The topological polar surface area (TPSA) is 42.4 Å². The van der Waals surface area contributed by atoms with Gasteiger partial charge in [-0.15, -0.1) is 0 Å². The lowest BCUT2D eigenvalue weighted by Gasteiger charge is -2.29. The van der Waals surface area contributed by atoms with Crippen molar-refractivity contribution in [1.29, 1.82) is 0 Å². The minimum atomic E-state index is 0.0456. The summed E-state index contributed by atoms with van der Waals surface area (Å²) < 4.78 is 5.31. The fourth-order valence-electron chi connectivity index (χ4n) is 3.43. The van der Waals surface area contributed by atoms with Gasteiger partial charge in [-0.3, -0.25) is 9.78 Å². The molecule has 2 heterocycles. The van der Waals surface area contributed by atoms with Gasteiger partial charge in [-0.05, 0) is 48.7 Å². The highest BCUT2D eigenvalue weighted by Gasteiger charge is 2.24. The molecule has 4 nitrogen and oxygen atoms in total. The average molecular weight is 332 g/mol. The number of fused-ring (bicyclic) bond motifs is 2. The first kappa shape index (κ1) is 15.6. The van der Waals surface area contributed by atoms with Crippen molar-refractivity contribution >= 4 is 16.8 Å². The van der Waals surface area contributed by atoms with Gasteiger partial charge in [-0.1, -0.05) is 24.3 Å². The predicted octanol–water partition coefficient (Wildman–Crippen LogP) is 3.75. The maximum atomic E-state index is 13.1. The molecule has 0 saturated carbocycles. The first-order valence-electron chi connectivity index (χ1n) is 8.47. The van der Waals surface area contributed by atoms with E-state index < -0.39 is 0 Å². The number of para-hydroxylation sites is 1. The fraction of sp³-hybridized carbons (Fsp3) is 0.238. The zero-order valence-corrected chi connectivity index (χ0v) is 14.5. The summed E-state index contributed by atoms with van der Waals surface area (Å²) in [6.07, 6.45) is 0.866. The van der Waals surface area contributed by atoms with Crippen LogP contribution < -0.4 is 4.74 Å². The monoisotopic (exact) mass is 332 g/mol. The lowest BCUT2D eigenvalue weighted by molar-refractivity contribution is 0.0733. The molecule has 0 aliphatic carbocycles. The molecule has 3 aromatic rings. The van der Waals surface area contributed by atoms with Gasteiger partial charge in [-0.25, -0.2) is 0 Å². The van der Waals surface area contributed by atoms with E-state index in [0.717, 1.165) is 40.9 Å². The van der Waals surface area contributed by atoms with Crippen molar-refractivity contribution in [3.8, 4) is 5.75 Å². The van der Waals surface area contributed by atoms with E-state index in [1.54, 1.807) is 7.11 Å². The molecule has 126 valence electrons. The number of ether oxygens (including phenoxy) is 1. The number of methoxy groups -OCH3 is 1. The standard InChI is InChI=1S/C21H20N2O2/c1-14-19(12-16-5-3-4-6-20(16)22-14)21(24)23-10-9-15-7-8-18(25-2)11-17(15)13-23/h3-8,11-12H,9-10,13H2,1-2H3. The number of hydrogen-bond acceptors (Lipinski definition) is 3. The third kappa shape index (κ3) is 2.84. The third-order valence-corrected chi connectivity index (χ3v) is 4.86. The molecule has 0 spiro atoms. The Bertz CT molecular complexity index is 965. The van der Waals surface area contributed by atoms with Crippen LogP contribution in [0.1, 0.15) is 27.2 Å². The number of carbonyl (C=O) groups excluding carboxylic acids is 1. The third-order valence-electron chi connectivity index (χ3n) is 4.86. The van der Waals surface area contributed by atoms with Gasteiger partial charge in [0, 0.05) is 18.5 Å². The van der Waals surface area contributed by atoms with Gasteiger partial charge in [0.1, 0.15) is 5.75 Å². The molecule has 0 N–H and O–H groups in total. The van der Waals surface area contributed by atoms with Crippen LogP contribution in [-0.4, -0.2) is 29.4 Å². The maximum Gasteiger partial charge on any atom is 0.256 e. The number of hydrogen-bond donors (Lipinski definition) is 0. The Kier molecular flexibility index (Phi) is 3.88. The van der Waals surface area contributed by atoms with Gasteiger partial charge >= 0.3 is 0 Å². The van der Waals surface area contributed by atoms with Gasteiger partial charge in [0.15, 0.2) is 0 Å². The molecule has 0 bridgehead atoms. The Labute approximate surface area is 147 Å². The Morgan fingerprint density at radius 2 is 1.96 bits per heavy atom. The number of aromatic nitrogens is 1. The molecular formula is C21H20N2O2. The summed E-state index contributed by atoms with van der Waals surface area (Å²) in [7, 11) is 1.66. The molecule has 25 heavy (non-hydrogen) atoms. The van der Waals surface area contributed by atoms with Crippen molar-refractivity contribution in [2.75, 3.05) is 13.7 Å². The lowest BCUT2D eigenvalue weighted by Crippen LogP contribution is -2.36. The molecule has 0 radical (unpaired) electrons. The largest absolute Gasteiger partial charge is 0.497 e. The smallest absolute Gasteiger partial charge is 0.256 e. The number of nitrogens with zero attached hydrogens (tertiary/aromatic N) is 2. The zero-order valence-electron chi connectivity index (χ0n) is 14.5. The van der Waals surface area contributed by atoms with E-state index in [0.29, 0.717) is 12.1 Å². The molecule has 0 saturated heterocycles. The summed E-state index contributed by atoms with van der Waals surface area (Å²) in [5.41, 5.74) is 4.83. The van der Waals surface area contributed by atoms with E-state index >= 15 is 0 Å². The fourth-order valence-corrected chi connectivity index (χ4v) is 3.43. The lowest BCUT2D eigenvalue weighted by atomic mass is 9.98. The highest BCUT2D eigenvalue weighted by atomic mass is 16.5. The number of benzene rings is 2. The van der Waals surface area contributed by atoms with Crippen molar-refractivity contribution in [1.82, 2.24) is 9.88 Å². The Morgan fingerprint density at radius 3 is 2.80 bits per heavy atom. The van der Waals surface area contributed by atoms with Gasteiger partial charge in [0.05, 0.1) is 23.9 Å². The van der Waals surface area contributed by atoms with Crippen LogP contribution in [0.5, 0.6) is 5.75 Å². The predicted molar refractivity (Wildman–Crippen MR) is 97.9 cm³/mol. The average Bonchev–Trinajstić information content (AvgIpc) is 2.66. The van der Waals surface area contributed by atoms with Gasteiger partial charge < -0.3 is 9.64 Å². The molecule has 0 atom stereocenters. The summed E-state index contributed by atoms with van der Waals surface area (Å²) in [5.74, 6) is 0.876. The van der Waals surface area contributed by atoms with Gasteiger partial charge in [0.25, 0.3) is 5.91 Å². The van der Waals surface area contributed by atoms with E-state index in [9.17, 15) is 4.79 Å². The zero-order chi connectivity index (χ0) is 17.4. The molecule has 4 heteroatoms. The van der Waals surface area contributed by atoms with E-state index in [1.165, 1.54) is 5.56 Å². The van der Waals surface area contributed by atoms with Gasteiger partial charge in [-0.2, -0.15) is 0 Å². The van der Waals surface area contributed by atoms with Crippen LogP contribution in [0.15, 0.2) is 48.5 Å². The minimum Gasteiger partial charge on any atom is -0.497 e. The van der Waals surface area contributed by atoms with Crippen molar-refractivity contribution in [2.45, 2.75) is 19.9 Å². The molecule has 1 aromatic heterocycles. The van der Waals surface area contributed by atoms with Crippen LogP contribution in [0, 0.1) is 6.92 Å². The van der Waals surface area contributed by atoms with Crippen molar-refractivity contribution in [3.63, 3.8) is 0 Å². The summed E-state index contributed by atoms with van der Waals surface area (Å²) in [5, 5.41) is 0.996. The number of rotatable bonds is 2. The number of aryl methyl sites for hydroxylation is 1. The minimum absolute atomic E-state index is 0.0456. The van der Waals surface area contributed by atoms with E-state index in [2.05, 4.69) is 11.1 Å². The number of pyridine rings is 1. The van der Waals surface area contributed by atoms with Crippen LogP contribution >= 0.6 is 0 Å². The van der Waals surface area contributed by atoms with Crippen LogP contribution in [-0.2, 0) is 13.0 Å². The molecular weight excluding hydrogens is 312 g/mol. The van der Waals surface area contributed by atoms with Crippen molar-refractivity contribution in [3.05, 3.63) is 70.9 Å². The quantitative estimate of drug-likeness (QED) is 0.718. The molecule has 2 aromatic carbocycles. The summed E-state index contributed by atoms with van der Waals surface area (Å²) in [6, 6.07) is 16.0. The second-order valence-electron chi connectivity index (χ2n) is 6.43. The van der Waals surface area contributed by atoms with E-state index in [4.69, 9.17) is 4.74 Å². The number of amides is 1. The summed E-state index contributed by atoms with van der Waals surface area (Å²) >= 11 is 0. The van der Waals surface area contributed by atoms with Crippen LogP contribution in [0.4, 0.5) is 0 Å². The second kappa shape index (κ2) is 6.20. The molecule has 1 aliphatic heterocycles. The molecule has 1 aliphatic rings. The maximum absolute atomic E-state index is 13.1. The second-order valence-corrected chi connectivity index (χ2v) is 6.43. The van der Waals surface area contributed by atoms with Crippen LogP contribution in [0.3, 0.4) is 0 Å². The van der Waals surface area contributed by atoms with Gasteiger partial charge in [0.2, 0.25) is 0 Å². The van der Waals surface area contributed by atoms with Crippen LogP contribution in [0.25, 0.3) is 10.9 Å². The molecule has 4 rings (SSSR count). The number of carbonyl (C=O) groups is 1. The highest BCUT2D eigenvalue weighted by molar-refractivity contribution is 5.98. The van der Waals surface area contributed by atoms with Crippen molar-refractivity contribution in [2.24, 2.45) is 0 Å². The summed E-state index contributed by atoms with van der Waals surface area (Å²) in [6.45, 7) is 3.24. The molecule has 0 fully saturated rings. The normalized spacial score (nSPS) is 13.6. The van der Waals surface area contributed by atoms with E-state index in [1.807, 2.05) is 54.3 Å². The molecule has 0 unspecified atom stereocenters. The van der Waals surface area contributed by atoms with E-state index in [-0.39, 0.29) is 5.91 Å².